The number of rotatable bonds is 4. The van der Waals surface area contributed by atoms with Gasteiger partial charge in [-0.05, 0) is 63.6 Å². The Labute approximate surface area is 118 Å². The van der Waals surface area contributed by atoms with Crippen LogP contribution in [0.2, 0.25) is 0 Å². The fourth-order valence-electron chi connectivity index (χ4n) is 3.32. The maximum Gasteiger partial charge on any atom is 0.0572 e. The Hall–Kier alpha value is -0.890. The third kappa shape index (κ3) is 3.56. The van der Waals surface area contributed by atoms with Crippen LogP contribution in [0.5, 0.6) is 0 Å². The molecule has 1 unspecified atom stereocenters. The minimum atomic E-state index is 0.418. The molecule has 1 heterocycles. The van der Waals surface area contributed by atoms with Crippen LogP contribution in [0.15, 0.2) is 24.4 Å². The highest BCUT2D eigenvalue weighted by Gasteiger charge is 2.28. The summed E-state index contributed by atoms with van der Waals surface area (Å²) in [5.41, 5.74) is 1.19. The van der Waals surface area contributed by atoms with Crippen LogP contribution in [0, 0.1) is 11.8 Å². The Morgan fingerprint density at radius 2 is 1.79 bits per heavy atom. The summed E-state index contributed by atoms with van der Waals surface area (Å²) in [6.07, 6.45) is 7.37. The van der Waals surface area contributed by atoms with Gasteiger partial charge in [0.2, 0.25) is 0 Å². The summed E-state index contributed by atoms with van der Waals surface area (Å²) in [5.74, 6) is 1.79. The van der Waals surface area contributed by atoms with E-state index in [0.29, 0.717) is 6.04 Å². The van der Waals surface area contributed by atoms with E-state index >= 15 is 0 Å². The van der Waals surface area contributed by atoms with Crippen LogP contribution in [-0.4, -0.2) is 23.0 Å². The largest absolute Gasteiger partial charge is 0.295 e. The van der Waals surface area contributed by atoms with Gasteiger partial charge < -0.3 is 0 Å². The van der Waals surface area contributed by atoms with Crippen molar-refractivity contribution in [1.82, 2.24) is 9.88 Å². The lowest BCUT2D eigenvalue weighted by Crippen LogP contribution is -2.37. The minimum absolute atomic E-state index is 0.418. The third-order valence-corrected chi connectivity index (χ3v) is 4.99. The van der Waals surface area contributed by atoms with Crippen molar-refractivity contribution in [2.45, 2.75) is 58.5 Å². The smallest absolute Gasteiger partial charge is 0.0572 e. The van der Waals surface area contributed by atoms with E-state index in [2.05, 4.69) is 49.8 Å². The molecule has 1 atom stereocenters. The minimum Gasteiger partial charge on any atom is -0.295 e. The zero-order valence-electron chi connectivity index (χ0n) is 12.8. The molecule has 2 nitrogen and oxygen atoms in total. The molecule has 1 aromatic rings. The van der Waals surface area contributed by atoms with Crippen molar-refractivity contribution < 1.29 is 0 Å². The summed E-state index contributed by atoms with van der Waals surface area (Å²) in [5, 5.41) is 0. The molecular formula is C17H28N2. The second-order valence-electron chi connectivity index (χ2n) is 6.41. The molecule has 19 heavy (non-hydrogen) atoms. The lowest BCUT2D eigenvalue weighted by molar-refractivity contribution is 0.114. The Morgan fingerprint density at radius 3 is 2.32 bits per heavy atom. The highest BCUT2D eigenvalue weighted by atomic mass is 15.2. The predicted molar refractivity (Wildman–Crippen MR) is 81.0 cm³/mol. The topological polar surface area (TPSA) is 16.1 Å². The Kier molecular flexibility index (Phi) is 4.98. The summed E-state index contributed by atoms with van der Waals surface area (Å²) < 4.78 is 0. The van der Waals surface area contributed by atoms with Crippen molar-refractivity contribution in [2.75, 3.05) is 7.05 Å². The van der Waals surface area contributed by atoms with Crippen molar-refractivity contribution in [2.24, 2.45) is 11.8 Å². The van der Waals surface area contributed by atoms with Crippen molar-refractivity contribution in [3.63, 3.8) is 0 Å². The lowest BCUT2D eigenvalue weighted by atomic mass is 9.79. The van der Waals surface area contributed by atoms with Crippen LogP contribution >= 0.6 is 0 Å². The van der Waals surface area contributed by atoms with Gasteiger partial charge in [-0.1, -0.05) is 19.9 Å². The molecule has 0 aromatic carbocycles. The van der Waals surface area contributed by atoms with Crippen LogP contribution in [0.1, 0.15) is 58.2 Å². The van der Waals surface area contributed by atoms with E-state index in [0.717, 1.165) is 17.9 Å². The number of hydrogen-bond acceptors (Lipinski definition) is 2. The van der Waals surface area contributed by atoms with E-state index in [1.54, 1.807) is 0 Å². The second kappa shape index (κ2) is 6.51. The predicted octanol–water partition coefficient (Wildman–Crippen LogP) is 4.29. The number of aromatic nitrogens is 1. The normalized spacial score (nSPS) is 25.8. The van der Waals surface area contributed by atoms with Crippen LogP contribution in [0.4, 0.5) is 0 Å². The van der Waals surface area contributed by atoms with Gasteiger partial charge in [0.05, 0.1) is 5.69 Å². The fraction of sp³-hybridized carbons (Fsp3) is 0.706. The highest BCUT2D eigenvalue weighted by molar-refractivity contribution is 5.08. The molecule has 0 aliphatic heterocycles. The van der Waals surface area contributed by atoms with Gasteiger partial charge in [-0.3, -0.25) is 9.88 Å². The van der Waals surface area contributed by atoms with E-state index < -0.39 is 0 Å². The zero-order valence-corrected chi connectivity index (χ0v) is 12.8. The molecule has 0 amide bonds. The first kappa shape index (κ1) is 14.5. The Bertz CT molecular complexity index is 366. The van der Waals surface area contributed by atoms with Gasteiger partial charge in [-0.2, -0.15) is 0 Å². The molecule has 0 saturated heterocycles. The van der Waals surface area contributed by atoms with Crippen molar-refractivity contribution in [1.29, 1.82) is 0 Å². The van der Waals surface area contributed by atoms with Crippen molar-refractivity contribution >= 4 is 0 Å². The number of pyridine rings is 1. The highest BCUT2D eigenvalue weighted by Crippen LogP contribution is 2.34. The first-order valence-electron chi connectivity index (χ1n) is 7.72. The van der Waals surface area contributed by atoms with Crippen LogP contribution in [0.3, 0.4) is 0 Å². The molecule has 106 valence electrons. The molecule has 1 aliphatic rings. The summed E-state index contributed by atoms with van der Waals surface area (Å²) in [4.78, 5) is 7.02. The molecular weight excluding hydrogens is 232 g/mol. The van der Waals surface area contributed by atoms with Gasteiger partial charge in [0.15, 0.2) is 0 Å². The van der Waals surface area contributed by atoms with E-state index in [9.17, 15) is 0 Å². The number of nitrogens with zero attached hydrogens (tertiary/aromatic N) is 2. The maximum atomic E-state index is 4.50. The molecule has 0 spiro atoms. The summed E-state index contributed by atoms with van der Waals surface area (Å²) in [6.45, 7) is 7.01. The first-order chi connectivity index (χ1) is 9.09. The van der Waals surface area contributed by atoms with Gasteiger partial charge in [-0.25, -0.2) is 0 Å². The van der Waals surface area contributed by atoms with E-state index in [4.69, 9.17) is 0 Å². The van der Waals surface area contributed by atoms with Crippen molar-refractivity contribution in [3.8, 4) is 0 Å². The average molecular weight is 260 g/mol. The molecule has 1 saturated carbocycles. The molecule has 0 radical (unpaired) electrons. The monoisotopic (exact) mass is 260 g/mol. The average Bonchev–Trinajstić information content (AvgIpc) is 2.46. The maximum absolute atomic E-state index is 4.50. The Balaban J connectivity index is 1.92. The van der Waals surface area contributed by atoms with Crippen LogP contribution < -0.4 is 0 Å². The van der Waals surface area contributed by atoms with Gasteiger partial charge >= 0.3 is 0 Å². The third-order valence-electron chi connectivity index (χ3n) is 4.99. The number of hydrogen-bond donors (Lipinski definition) is 0. The lowest BCUT2D eigenvalue weighted by Gasteiger charge is -2.38. The SMILES string of the molecule is CC(c1ccccn1)N(C)[C@H]1CC[C@H](C(C)C)CC1. The summed E-state index contributed by atoms with van der Waals surface area (Å²) in [6, 6.07) is 7.36. The summed E-state index contributed by atoms with van der Waals surface area (Å²) >= 11 is 0. The molecule has 2 heteroatoms. The molecule has 1 aliphatic carbocycles. The molecule has 1 aromatic heterocycles. The van der Waals surface area contributed by atoms with Gasteiger partial charge in [0.25, 0.3) is 0 Å². The molecule has 0 bridgehead atoms. The molecule has 1 fully saturated rings. The van der Waals surface area contributed by atoms with E-state index in [1.165, 1.54) is 31.4 Å². The first-order valence-corrected chi connectivity index (χ1v) is 7.72. The second-order valence-corrected chi connectivity index (χ2v) is 6.41. The Morgan fingerprint density at radius 1 is 1.11 bits per heavy atom. The van der Waals surface area contributed by atoms with E-state index in [1.807, 2.05) is 12.3 Å². The summed E-state index contributed by atoms with van der Waals surface area (Å²) in [7, 11) is 2.26. The zero-order chi connectivity index (χ0) is 13.8. The van der Waals surface area contributed by atoms with E-state index in [-0.39, 0.29) is 0 Å². The molecule has 0 N–H and O–H groups in total. The van der Waals surface area contributed by atoms with Crippen LogP contribution in [0.25, 0.3) is 0 Å². The van der Waals surface area contributed by atoms with Gasteiger partial charge in [0.1, 0.15) is 0 Å². The quantitative estimate of drug-likeness (QED) is 0.803. The molecule has 2 rings (SSSR count). The standard InChI is InChI=1S/C17H28N2/c1-13(2)15-8-10-16(11-9-15)19(4)14(3)17-7-5-6-12-18-17/h5-7,12-16H,8-11H2,1-4H3/t14?,15-,16-. The van der Waals surface area contributed by atoms with Crippen LogP contribution in [-0.2, 0) is 0 Å². The fourth-order valence-corrected chi connectivity index (χ4v) is 3.32. The van der Waals surface area contributed by atoms with Crippen molar-refractivity contribution in [3.05, 3.63) is 30.1 Å². The van der Waals surface area contributed by atoms with Gasteiger partial charge in [-0.15, -0.1) is 0 Å². The van der Waals surface area contributed by atoms with Gasteiger partial charge in [0, 0.05) is 18.3 Å².